The fraction of sp³-hybridized carbons (Fsp3) is 0.600. The van der Waals surface area contributed by atoms with E-state index in [4.69, 9.17) is 0 Å². The number of hydrogen-bond acceptors (Lipinski definition) is 5. The molecule has 0 bridgehead atoms. The van der Waals surface area contributed by atoms with Crippen LogP contribution in [0.2, 0.25) is 0 Å². The van der Waals surface area contributed by atoms with Crippen molar-refractivity contribution >= 4 is 27.5 Å². The number of hydrogen-bond donors (Lipinski definition) is 2. The van der Waals surface area contributed by atoms with E-state index in [0.717, 1.165) is 18.5 Å². The standard InChI is InChI=1S/C20H31N3O4S/c1-13(2)23-19(24)17-7-6-16(12-18(17)20(23)25)21-10-8-15(5)9-11-22-28(26,27)14(3)4/h6-7,12-15,21-22H,8-11H2,1-5H3. The van der Waals surface area contributed by atoms with Crippen LogP contribution in [0.25, 0.3) is 0 Å². The molecule has 156 valence electrons. The average Bonchev–Trinajstić information content (AvgIpc) is 2.85. The van der Waals surface area contributed by atoms with Gasteiger partial charge in [-0.1, -0.05) is 6.92 Å². The lowest BCUT2D eigenvalue weighted by molar-refractivity contribution is 0.0609. The van der Waals surface area contributed by atoms with E-state index < -0.39 is 15.3 Å². The third-order valence-electron chi connectivity index (χ3n) is 4.96. The number of nitrogens with zero attached hydrogens (tertiary/aromatic N) is 1. The largest absolute Gasteiger partial charge is 0.385 e. The quantitative estimate of drug-likeness (QED) is 0.580. The second-order valence-corrected chi connectivity index (χ2v) is 10.3. The summed E-state index contributed by atoms with van der Waals surface area (Å²) in [5.74, 6) is -0.139. The van der Waals surface area contributed by atoms with Crippen LogP contribution < -0.4 is 10.0 Å². The van der Waals surface area contributed by atoms with Crippen molar-refractivity contribution in [2.45, 2.75) is 58.8 Å². The van der Waals surface area contributed by atoms with Gasteiger partial charge in [-0.2, -0.15) is 0 Å². The summed E-state index contributed by atoms with van der Waals surface area (Å²) in [4.78, 5) is 26.0. The van der Waals surface area contributed by atoms with Crippen molar-refractivity contribution in [3.63, 3.8) is 0 Å². The molecule has 0 saturated carbocycles. The second-order valence-electron chi connectivity index (χ2n) is 7.93. The monoisotopic (exact) mass is 409 g/mol. The number of sulfonamides is 1. The van der Waals surface area contributed by atoms with Gasteiger partial charge in [0, 0.05) is 24.8 Å². The van der Waals surface area contributed by atoms with Crippen LogP contribution in [0.5, 0.6) is 0 Å². The molecule has 0 spiro atoms. The van der Waals surface area contributed by atoms with Crippen LogP contribution in [0.4, 0.5) is 5.69 Å². The van der Waals surface area contributed by atoms with Gasteiger partial charge in [0.1, 0.15) is 0 Å². The van der Waals surface area contributed by atoms with Crippen LogP contribution in [-0.2, 0) is 10.0 Å². The highest BCUT2D eigenvalue weighted by Gasteiger charge is 2.37. The van der Waals surface area contributed by atoms with Gasteiger partial charge < -0.3 is 5.32 Å². The van der Waals surface area contributed by atoms with E-state index >= 15 is 0 Å². The molecule has 2 amide bonds. The zero-order valence-electron chi connectivity index (χ0n) is 17.3. The number of amides is 2. The first kappa shape index (κ1) is 22.4. The number of imide groups is 1. The van der Waals surface area contributed by atoms with Gasteiger partial charge in [0.15, 0.2) is 0 Å². The van der Waals surface area contributed by atoms with Crippen molar-refractivity contribution in [3.8, 4) is 0 Å². The maximum Gasteiger partial charge on any atom is 0.261 e. The number of carbonyl (C=O) groups is 2. The second kappa shape index (κ2) is 9.05. The minimum Gasteiger partial charge on any atom is -0.385 e. The summed E-state index contributed by atoms with van der Waals surface area (Å²) in [5, 5.41) is 2.86. The number of rotatable bonds is 10. The van der Waals surface area contributed by atoms with E-state index in [1.165, 1.54) is 4.90 Å². The Kier molecular flexibility index (Phi) is 7.22. The molecule has 0 aromatic heterocycles. The third-order valence-corrected chi connectivity index (χ3v) is 6.81. The molecule has 7 nitrogen and oxygen atoms in total. The summed E-state index contributed by atoms with van der Waals surface area (Å²) < 4.78 is 26.1. The van der Waals surface area contributed by atoms with E-state index in [1.54, 1.807) is 26.0 Å². The van der Waals surface area contributed by atoms with Gasteiger partial charge >= 0.3 is 0 Å². The average molecular weight is 410 g/mol. The smallest absolute Gasteiger partial charge is 0.261 e. The zero-order valence-corrected chi connectivity index (χ0v) is 18.1. The molecule has 0 aliphatic carbocycles. The van der Waals surface area contributed by atoms with Crippen LogP contribution in [0, 0.1) is 5.92 Å². The van der Waals surface area contributed by atoms with Gasteiger partial charge in [0.25, 0.3) is 11.8 Å². The molecule has 1 aromatic rings. The van der Waals surface area contributed by atoms with Gasteiger partial charge in [0.05, 0.1) is 16.4 Å². The van der Waals surface area contributed by atoms with Crippen molar-refractivity contribution in [1.29, 1.82) is 0 Å². The Morgan fingerprint density at radius 1 is 0.929 bits per heavy atom. The first-order valence-corrected chi connectivity index (χ1v) is 11.3. The van der Waals surface area contributed by atoms with Gasteiger partial charge in [-0.25, -0.2) is 13.1 Å². The summed E-state index contributed by atoms with van der Waals surface area (Å²) in [6.45, 7) is 10.2. The van der Waals surface area contributed by atoms with Gasteiger partial charge in [-0.15, -0.1) is 0 Å². The Labute approximate surface area is 167 Å². The van der Waals surface area contributed by atoms with Gasteiger partial charge in [-0.3, -0.25) is 14.5 Å². The molecule has 28 heavy (non-hydrogen) atoms. The predicted octanol–water partition coefficient (Wildman–Crippen LogP) is 2.85. The molecule has 1 aromatic carbocycles. The maximum absolute atomic E-state index is 12.5. The Morgan fingerprint density at radius 2 is 1.54 bits per heavy atom. The molecule has 1 atom stereocenters. The van der Waals surface area contributed by atoms with Crippen LogP contribution in [-0.4, -0.2) is 49.5 Å². The van der Waals surface area contributed by atoms with Crippen LogP contribution in [0.3, 0.4) is 0 Å². The highest BCUT2D eigenvalue weighted by atomic mass is 32.2. The number of fused-ring (bicyclic) bond motifs is 1. The van der Waals surface area contributed by atoms with Crippen molar-refractivity contribution in [1.82, 2.24) is 9.62 Å². The lowest BCUT2D eigenvalue weighted by Gasteiger charge is -2.17. The van der Waals surface area contributed by atoms with E-state index in [1.807, 2.05) is 19.9 Å². The van der Waals surface area contributed by atoms with Crippen LogP contribution in [0.1, 0.15) is 68.2 Å². The van der Waals surface area contributed by atoms with E-state index in [9.17, 15) is 18.0 Å². The summed E-state index contributed by atoms with van der Waals surface area (Å²) in [7, 11) is -3.21. The molecule has 8 heteroatoms. The number of carbonyl (C=O) groups excluding carboxylic acids is 2. The lowest BCUT2D eigenvalue weighted by atomic mass is 10.0. The van der Waals surface area contributed by atoms with E-state index in [2.05, 4.69) is 17.0 Å². The minimum absolute atomic E-state index is 0.169. The summed E-state index contributed by atoms with van der Waals surface area (Å²) in [6, 6.07) is 5.08. The van der Waals surface area contributed by atoms with Crippen molar-refractivity contribution in [2.24, 2.45) is 5.92 Å². The van der Waals surface area contributed by atoms with Crippen molar-refractivity contribution < 1.29 is 18.0 Å². The number of nitrogens with one attached hydrogen (secondary N) is 2. The Hall–Kier alpha value is -1.93. The van der Waals surface area contributed by atoms with Gasteiger partial charge in [0.2, 0.25) is 10.0 Å². The SMILES string of the molecule is CC(CCNc1ccc2c(c1)C(=O)N(C(C)C)C2=O)CCNS(=O)(=O)C(C)C. The normalized spacial score (nSPS) is 15.5. The molecule has 1 heterocycles. The van der Waals surface area contributed by atoms with Crippen molar-refractivity contribution in [3.05, 3.63) is 29.3 Å². The highest BCUT2D eigenvalue weighted by molar-refractivity contribution is 7.90. The summed E-state index contributed by atoms with van der Waals surface area (Å²) in [5.41, 5.74) is 1.70. The Bertz CT molecular complexity index is 834. The molecular formula is C20H31N3O4S. The van der Waals surface area contributed by atoms with Crippen LogP contribution >= 0.6 is 0 Å². The molecule has 1 aliphatic heterocycles. The molecule has 2 N–H and O–H groups in total. The summed E-state index contributed by atoms with van der Waals surface area (Å²) >= 11 is 0. The van der Waals surface area contributed by atoms with Crippen LogP contribution in [0.15, 0.2) is 18.2 Å². The fourth-order valence-electron chi connectivity index (χ4n) is 3.06. The molecule has 0 saturated heterocycles. The first-order chi connectivity index (χ1) is 13.0. The molecule has 1 unspecified atom stereocenters. The van der Waals surface area contributed by atoms with E-state index in [0.29, 0.717) is 30.1 Å². The Balaban J connectivity index is 1.84. The number of anilines is 1. The molecule has 2 rings (SSSR count). The topological polar surface area (TPSA) is 95.6 Å². The minimum atomic E-state index is -3.21. The maximum atomic E-state index is 12.5. The molecular weight excluding hydrogens is 378 g/mol. The highest BCUT2D eigenvalue weighted by Crippen LogP contribution is 2.27. The number of benzene rings is 1. The first-order valence-electron chi connectivity index (χ1n) is 9.79. The lowest BCUT2D eigenvalue weighted by Crippen LogP contribution is -2.35. The zero-order chi connectivity index (χ0) is 21.1. The third kappa shape index (κ3) is 5.11. The van der Waals surface area contributed by atoms with Gasteiger partial charge in [-0.05, 0) is 64.7 Å². The molecule has 0 radical (unpaired) electrons. The predicted molar refractivity (Wildman–Crippen MR) is 111 cm³/mol. The Morgan fingerprint density at radius 3 is 2.14 bits per heavy atom. The van der Waals surface area contributed by atoms with E-state index in [-0.39, 0.29) is 17.9 Å². The fourth-order valence-corrected chi connectivity index (χ4v) is 3.80. The van der Waals surface area contributed by atoms with Crippen molar-refractivity contribution in [2.75, 3.05) is 18.4 Å². The summed E-state index contributed by atoms with van der Waals surface area (Å²) in [6.07, 6.45) is 1.62. The molecule has 1 aliphatic rings. The molecule has 0 fully saturated rings.